The molecule has 0 bridgehead atoms. The van der Waals surface area contributed by atoms with Crippen LogP contribution >= 0.6 is 35.3 Å². The molecule has 0 atom stereocenters. The van der Waals surface area contributed by atoms with E-state index in [9.17, 15) is 9.59 Å². The van der Waals surface area contributed by atoms with Gasteiger partial charge in [-0.2, -0.15) is 11.8 Å². The molecule has 9 heteroatoms. The molecule has 0 spiro atoms. The number of fused-ring (bicyclic) bond motifs is 2. The molecule has 0 aliphatic carbocycles. The molecule has 4 rings (SSSR count). The van der Waals surface area contributed by atoms with Crippen LogP contribution in [-0.4, -0.2) is 33.0 Å². The average Bonchev–Trinajstić information content (AvgIpc) is 2.86. The quantitative estimate of drug-likeness (QED) is 0.138. The summed E-state index contributed by atoms with van der Waals surface area (Å²) in [4.78, 5) is 31.8. The van der Waals surface area contributed by atoms with E-state index in [1.54, 1.807) is 23.5 Å². The minimum atomic E-state index is -0.106. The average molecular weight is 527 g/mol. The molecule has 0 unspecified atom stereocenters. The number of rotatable bonds is 12. The van der Waals surface area contributed by atoms with Crippen molar-refractivity contribution in [1.82, 2.24) is 9.97 Å². The van der Waals surface area contributed by atoms with Gasteiger partial charge in [0.2, 0.25) is 0 Å². The van der Waals surface area contributed by atoms with Crippen molar-refractivity contribution in [2.24, 2.45) is 0 Å². The van der Waals surface area contributed by atoms with Gasteiger partial charge in [0.05, 0.1) is 32.2 Å². The van der Waals surface area contributed by atoms with Crippen molar-refractivity contribution in [2.75, 3.05) is 34.5 Å². The Kier molecular flexibility index (Phi) is 9.12. The molecule has 4 aromatic rings. The summed E-state index contributed by atoms with van der Waals surface area (Å²) >= 11 is 5.05. The maximum Gasteiger partial charge on any atom is 0.264 e. The first-order chi connectivity index (χ1) is 17.1. The Bertz CT molecular complexity index is 1310. The third-order valence-corrected chi connectivity index (χ3v) is 9.22. The number of thioether (sulfide) groups is 3. The fraction of sp³-hybridized carbons (Fsp3) is 0.308. The predicted molar refractivity (Wildman–Crippen MR) is 155 cm³/mol. The molecular formula is C26H30N4O2S3. The second kappa shape index (κ2) is 12.5. The van der Waals surface area contributed by atoms with Gasteiger partial charge in [-0.05, 0) is 60.8 Å². The number of aromatic amines is 2. The molecule has 0 aliphatic rings. The number of anilines is 2. The number of benzene rings is 2. The van der Waals surface area contributed by atoms with Crippen LogP contribution in [0.15, 0.2) is 67.9 Å². The Morgan fingerprint density at radius 3 is 1.46 bits per heavy atom. The van der Waals surface area contributed by atoms with Crippen LogP contribution in [0, 0.1) is 0 Å². The van der Waals surface area contributed by atoms with Crippen LogP contribution in [-0.2, 0) is 0 Å². The summed E-state index contributed by atoms with van der Waals surface area (Å²) in [7, 11) is 0. The lowest BCUT2D eigenvalue weighted by atomic mass is 10.2. The largest absolute Gasteiger partial charge is 0.397 e. The molecular weight excluding hydrogens is 497 g/mol. The van der Waals surface area contributed by atoms with E-state index in [1.807, 2.05) is 60.3 Å². The van der Waals surface area contributed by atoms with Gasteiger partial charge in [0, 0.05) is 10.8 Å². The highest BCUT2D eigenvalue weighted by Gasteiger charge is 2.11. The van der Waals surface area contributed by atoms with E-state index in [1.165, 1.54) is 0 Å². The number of hydrogen-bond acceptors (Lipinski definition) is 7. The molecule has 0 aliphatic heterocycles. The standard InChI is InChI=1S/C26H30N4O2S3/c27-21-17-9-1-3-11-19(17)29-25(31)23(21)34-15-7-5-13-33-14-6-8-16-35-24-22(28)18-10-2-4-12-20(18)30-26(24)32/h1-4,9-12H,5-8,13-16H2,(H3,27,29,31)(H3,28,30,32). The molecule has 0 saturated carbocycles. The van der Waals surface area contributed by atoms with Gasteiger partial charge in [0.1, 0.15) is 0 Å². The Morgan fingerprint density at radius 2 is 1.00 bits per heavy atom. The third-order valence-electron chi connectivity index (χ3n) is 5.69. The summed E-state index contributed by atoms with van der Waals surface area (Å²) in [6.45, 7) is 0. The smallest absolute Gasteiger partial charge is 0.264 e. The van der Waals surface area contributed by atoms with Crippen molar-refractivity contribution in [2.45, 2.75) is 35.5 Å². The Balaban J connectivity index is 1.10. The van der Waals surface area contributed by atoms with Crippen LogP contribution in [0.25, 0.3) is 21.8 Å². The molecule has 2 aromatic heterocycles. The maximum absolute atomic E-state index is 12.3. The molecule has 6 nitrogen and oxygen atoms in total. The monoisotopic (exact) mass is 526 g/mol. The summed E-state index contributed by atoms with van der Waals surface area (Å²) in [6, 6.07) is 15.3. The van der Waals surface area contributed by atoms with E-state index in [4.69, 9.17) is 11.5 Å². The van der Waals surface area contributed by atoms with Crippen molar-refractivity contribution < 1.29 is 0 Å². The molecule has 0 saturated heterocycles. The molecule has 6 N–H and O–H groups in total. The fourth-order valence-corrected chi connectivity index (χ4v) is 6.87. The number of unbranched alkanes of at least 4 members (excludes halogenated alkanes) is 2. The first kappa shape index (κ1) is 25.6. The molecule has 2 heterocycles. The third kappa shape index (κ3) is 6.39. The number of nitrogen functional groups attached to an aromatic ring is 2. The normalized spacial score (nSPS) is 11.4. The van der Waals surface area contributed by atoms with Gasteiger partial charge < -0.3 is 21.4 Å². The minimum absolute atomic E-state index is 0.106. The summed E-state index contributed by atoms with van der Waals surface area (Å²) in [6.07, 6.45) is 4.31. The molecule has 0 amide bonds. The van der Waals surface area contributed by atoms with Crippen molar-refractivity contribution in [3.8, 4) is 0 Å². The van der Waals surface area contributed by atoms with E-state index < -0.39 is 0 Å². The number of aromatic nitrogens is 2. The van der Waals surface area contributed by atoms with E-state index in [2.05, 4.69) is 9.97 Å². The predicted octanol–water partition coefficient (Wildman–Crippen LogP) is 5.71. The van der Waals surface area contributed by atoms with Crippen molar-refractivity contribution in [1.29, 1.82) is 0 Å². The lowest BCUT2D eigenvalue weighted by Crippen LogP contribution is -2.12. The van der Waals surface area contributed by atoms with Gasteiger partial charge in [-0.15, -0.1) is 23.5 Å². The van der Waals surface area contributed by atoms with Gasteiger partial charge in [-0.1, -0.05) is 36.4 Å². The Hall–Kier alpha value is -2.49. The van der Waals surface area contributed by atoms with E-state index in [0.29, 0.717) is 21.2 Å². The number of hydrogen-bond donors (Lipinski definition) is 4. The van der Waals surface area contributed by atoms with E-state index in [-0.39, 0.29) is 11.1 Å². The number of nitrogens with one attached hydrogen (secondary N) is 2. The Labute approximate surface area is 217 Å². The van der Waals surface area contributed by atoms with Crippen LogP contribution in [0.5, 0.6) is 0 Å². The maximum atomic E-state index is 12.3. The second-order valence-corrected chi connectivity index (χ2v) is 11.6. The zero-order chi connectivity index (χ0) is 24.6. The summed E-state index contributed by atoms with van der Waals surface area (Å²) in [5, 5.41) is 1.80. The van der Waals surface area contributed by atoms with E-state index in [0.717, 1.165) is 70.5 Å². The van der Waals surface area contributed by atoms with Gasteiger partial charge in [0.15, 0.2) is 0 Å². The lowest BCUT2D eigenvalue weighted by molar-refractivity contribution is 0.889. The summed E-state index contributed by atoms with van der Waals surface area (Å²) in [5.41, 5.74) is 15.0. The highest BCUT2D eigenvalue weighted by Crippen LogP contribution is 2.29. The first-order valence-corrected chi connectivity index (χ1v) is 14.8. The SMILES string of the molecule is Nc1c(SCCCCSCCCCSc2c(N)c3ccccc3[nH]c2=O)c(=O)[nH]c2ccccc12. The van der Waals surface area contributed by atoms with E-state index >= 15 is 0 Å². The molecule has 0 radical (unpaired) electrons. The molecule has 2 aromatic carbocycles. The number of nitrogens with two attached hydrogens (primary N) is 2. The minimum Gasteiger partial charge on any atom is -0.397 e. The van der Waals surface area contributed by atoms with Gasteiger partial charge >= 0.3 is 0 Å². The van der Waals surface area contributed by atoms with Crippen LogP contribution < -0.4 is 22.6 Å². The molecule has 35 heavy (non-hydrogen) atoms. The summed E-state index contributed by atoms with van der Waals surface area (Å²) in [5.74, 6) is 3.97. The molecule has 184 valence electrons. The zero-order valence-corrected chi connectivity index (χ0v) is 21.9. The van der Waals surface area contributed by atoms with Crippen LogP contribution in [0.1, 0.15) is 25.7 Å². The Morgan fingerprint density at radius 1 is 0.600 bits per heavy atom. The number of H-pyrrole nitrogens is 2. The van der Waals surface area contributed by atoms with Crippen LogP contribution in [0.3, 0.4) is 0 Å². The molecule has 0 fully saturated rings. The zero-order valence-electron chi connectivity index (χ0n) is 19.5. The second-order valence-electron chi connectivity index (χ2n) is 8.21. The van der Waals surface area contributed by atoms with Gasteiger partial charge in [-0.25, -0.2) is 0 Å². The van der Waals surface area contributed by atoms with Crippen LogP contribution in [0.4, 0.5) is 11.4 Å². The first-order valence-electron chi connectivity index (χ1n) is 11.7. The number of pyridine rings is 2. The highest BCUT2D eigenvalue weighted by molar-refractivity contribution is 8.00. The highest BCUT2D eigenvalue weighted by atomic mass is 32.2. The van der Waals surface area contributed by atoms with Crippen LogP contribution in [0.2, 0.25) is 0 Å². The topological polar surface area (TPSA) is 118 Å². The van der Waals surface area contributed by atoms with Gasteiger partial charge in [0.25, 0.3) is 11.1 Å². The number of para-hydroxylation sites is 2. The van der Waals surface area contributed by atoms with Crippen molar-refractivity contribution >= 4 is 68.5 Å². The summed E-state index contributed by atoms with van der Waals surface area (Å²) < 4.78 is 0. The van der Waals surface area contributed by atoms with Crippen molar-refractivity contribution in [3.05, 3.63) is 69.2 Å². The van der Waals surface area contributed by atoms with Gasteiger partial charge in [-0.3, -0.25) is 9.59 Å². The lowest BCUT2D eigenvalue weighted by Gasteiger charge is -2.08. The van der Waals surface area contributed by atoms with Crippen molar-refractivity contribution in [3.63, 3.8) is 0 Å². The fourth-order valence-electron chi connectivity index (χ4n) is 3.85.